The van der Waals surface area contributed by atoms with Crippen LogP contribution < -0.4 is 11.2 Å². The monoisotopic (exact) mass is 383 g/mol. The van der Waals surface area contributed by atoms with Crippen LogP contribution in [0.1, 0.15) is 12.1 Å². The van der Waals surface area contributed by atoms with Gasteiger partial charge in [-0.3, -0.25) is 24.0 Å². The number of alkyl halides is 2. The van der Waals surface area contributed by atoms with Crippen molar-refractivity contribution in [2.75, 3.05) is 5.33 Å². The minimum absolute atomic E-state index is 0.0803. The van der Waals surface area contributed by atoms with Gasteiger partial charge in [0.15, 0.2) is 0 Å². The van der Waals surface area contributed by atoms with Crippen LogP contribution in [-0.2, 0) is 18.9 Å². The molecule has 100 valence electrons. The third-order valence-electron chi connectivity index (χ3n) is 2.45. The molecule has 0 aliphatic carbocycles. The summed E-state index contributed by atoms with van der Waals surface area (Å²) in [6, 6.07) is 0. The van der Waals surface area contributed by atoms with E-state index in [1.165, 1.54) is 11.6 Å². The van der Waals surface area contributed by atoms with Crippen LogP contribution in [0.15, 0.2) is 9.59 Å². The molecule has 18 heavy (non-hydrogen) atoms. The smallest absolute Gasteiger partial charge is 0.290 e. The van der Waals surface area contributed by atoms with Crippen LogP contribution in [-0.4, -0.2) is 19.4 Å². The summed E-state index contributed by atoms with van der Waals surface area (Å²) < 4.78 is 2.02. The first-order valence-electron chi connectivity index (χ1n) is 5.04. The van der Waals surface area contributed by atoms with E-state index in [1.807, 2.05) is 0 Å². The molecule has 0 aliphatic heterocycles. The first-order valence-corrected chi connectivity index (χ1v) is 7.29. The van der Waals surface area contributed by atoms with Crippen LogP contribution >= 0.6 is 31.9 Å². The second-order valence-electron chi connectivity index (χ2n) is 3.53. The maximum absolute atomic E-state index is 11.9. The summed E-state index contributed by atoms with van der Waals surface area (Å²) in [5, 5.41) is 11.7. The number of hydrogen-bond acceptors (Lipinski definition) is 4. The number of hydrogen-bond donors (Lipinski definition) is 0. The van der Waals surface area contributed by atoms with Gasteiger partial charge in [-0.2, -0.15) is 0 Å². The highest BCUT2D eigenvalue weighted by molar-refractivity contribution is 9.09. The lowest BCUT2D eigenvalue weighted by atomic mass is 10.3. The molecule has 0 unspecified atom stereocenters. The second kappa shape index (κ2) is 6.28. The molecule has 0 aliphatic rings. The van der Waals surface area contributed by atoms with Crippen molar-refractivity contribution < 1.29 is 4.92 Å². The standard InChI is InChI=1S/C9H11Br2N3O4/c1-12-8(15)7(14(17)18)6(5-11)13(9(12)16)4-2-3-10/h2-5H2,1H3. The van der Waals surface area contributed by atoms with Crippen LogP contribution in [0.3, 0.4) is 0 Å². The molecule has 0 aromatic carbocycles. The zero-order chi connectivity index (χ0) is 13.9. The number of halogens is 2. The van der Waals surface area contributed by atoms with Gasteiger partial charge in [0, 0.05) is 18.9 Å². The first-order chi connectivity index (χ1) is 8.45. The van der Waals surface area contributed by atoms with Crippen molar-refractivity contribution >= 4 is 37.5 Å². The first kappa shape index (κ1) is 15.1. The Morgan fingerprint density at radius 2 is 1.94 bits per heavy atom. The molecule has 0 amide bonds. The number of rotatable bonds is 5. The Morgan fingerprint density at radius 3 is 2.39 bits per heavy atom. The van der Waals surface area contributed by atoms with E-state index < -0.39 is 21.9 Å². The third kappa shape index (κ3) is 2.72. The summed E-state index contributed by atoms with van der Waals surface area (Å²) in [6.07, 6.45) is 0.634. The molecule has 1 aromatic heterocycles. The molecule has 0 saturated carbocycles. The van der Waals surface area contributed by atoms with Gasteiger partial charge in [-0.05, 0) is 6.42 Å². The van der Waals surface area contributed by atoms with E-state index in [4.69, 9.17) is 0 Å². The molecule has 7 nitrogen and oxygen atoms in total. The Labute approximate surface area is 119 Å². The predicted octanol–water partition coefficient (Wildman–Crippen LogP) is 1.14. The lowest BCUT2D eigenvalue weighted by Gasteiger charge is -2.11. The van der Waals surface area contributed by atoms with Gasteiger partial charge in [0.1, 0.15) is 5.69 Å². The molecular weight excluding hydrogens is 374 g/mol. The van der Waals surface area contributed by atoms with E-state index in [1.54, 1.807) is 0 Å². The molecule has 0 saturated heterocycles. The number of nitro groups is 1. The Hall–Kier alpha value is -0.960. The topological polar surface area (TPSA) is 87.1 Å². The SMILES string of the molecule is Cn1c(=O)c([N+](=O)[O-])c(CBr)n(CCCBr)c1=O. The summed E-state index contributed by atoms with van der Waals surface area (Å²) in [7, 11) is 1.24. The van der Waals surface area contributed by atoms with Gasteiger partial charge in [0.2, 0.25) is 0 Å². The molecule has 1 aromatic rings. The number of aromatic nitrogens is 2. The molecule has 0 atom stereocenters. The van der Waals surface area contributed by atoms with Crippen molar-refractivity contribution in [3.05, 3.63) is 36.6 Å². The average Bonchev–Trinajstić information content (AvgIpc) is 2.33. The highest BCUT2D eigenvalue weighted by Gasteiger charge is 2.25. The van der Waals surface area contributed by atoms with Crippen LogP contribution in [0.2, 0.25) is 0 Å². The van der Waals surface area contributed by atoms with E-state index in [9.17, 15) is 19.7 Å². The molecule has 9 heteroatoms. The molecule has 0 radical (unpaired) electrons. The molecular formula is C9H11Br2N3O4. The molecule has 0 spiro atoms. The van der Waals surface area contributed by atoms with Crippen molar-refractivity contribution in [2.24, 2.45) is 7.05 Å². The second-order valence-corrected chi connectivity index (χ2v) is 4.88. The molecule has 1 rings (SSSR count). The Bertz CT molecular complexity index is 578. The predicted molar refractivity (Wildman–Crippen MR) is 73.6 cm³/mol. The van der Waals surface area contributed by atoms with E-state index in [0.29, 0.717) is 18.3 Å². The van der Waals surface area contributed by atoms with Crippen LogP contribution in [0.25, 0.3) is 0 Å². The van der Waals surface area contributed by atoms with E-state index in [-0.39, 0.29) is 11.0 Å². The summed E-state index contributed by atoms with van der Waals surface area (Å²) in [5.74, 6) is 0. The highest BCUT2D eigenvalue weighted by Crippen LogP contribution is 2.15. The Morgan fingerprint density at radius 1 is 1.33 bits per heavy atom. The highest BCUT2D eigenvalue weighted by atomic mass is 79.9. The summed E-state index contributed by atoms with van der Waals surface area (Å²) in [4.78, 5) is 33.8. The van der Waals surface area contributed by atoms with E-state index in [0.717, 1.165) is 4.57 Å². The zero-order valence-corrected chi connectivity index (χ0v) is 12.7. The van der Waals surface area contributed by atoms with Crippen LogP contribution in [0.5, 0.6) is 0 Å². The normalized spacial score (nSPS) is 10.6. The summed E-state index contributed by atoms with van der Waals surface area (Å²) in [6.45, 7) is 0.319. The fourth-order valence-corrected chi connectivity index (χ4v) is 2.38. The largest absolute Gasteiger partial charge is 0.354 e. The molecule has 0 N–H and O–H groups in total. The lowest BCUT2D eigenvalue weighted by Crippen LogP contribution is -2.41. The van der Waals surface area contributed by atoms with Crippen molar-refractivity contribution in [3.8, 4) is 0 Å². The number of nitrogens with zero attached hydrogens (tertiary/aromatic N) is 3. The van der Waals surface area contributed by atoms with E-state index in [2.05, 4.69) is 31.9 Å². The van der Waals surface area contributed by atoms with Gasteiger partial charge < -0.3 is 0 Å². The quantitative estimate of drug-likeness (QED) is 0.432. The van der Waals surface area contributed by atoms with E-state index >= 15 is 0 Å². The van der Waals surface area contributed by atoms with Gasteiger partial charge >= 0.3 is 16.9 Å². The minimum Gasteiger partial charge on any atom is -0.290 e. The average molecular weight is 385 g/mol. The molecule has 0 fully saturated rings. The summed E-state index contributed by atoms with van der Waals surface area (Å²) >= 11 is 6.32. The maximum atomic E-state index is 11.9. The molecule has 0 bridgehead atoms. The van der Waals surface area contributed by atoms with Gasteiger partial charge in [-0.25, -0.2) is 4.79 Å². The van der Waals surface area contributed by atoms with Gasteiger partial charge in [0.05, 0.1) is 10.3 Å². The summed E-state index contributed by atoms with van der Waals surface area (Å²) in [5.41, 5.74) is -1.87. The third-order valence-corrected chi connectivity index (χ3v) is 3.54. The Balaban J connectivity index is 3.64. The van der Waals surface area contributed by atoms with Crippen molar-refractivity contribution in [2.45, 2.75) is 18.3 Å². The van der Waals surface area contributed by atoms with Gasteiger partial charge in [-0.1, -0.05) is 31.9 Å². The van der Waals surface area contributed by atoms with Gasteiger partial charge in [0.25, 0.3) is 0 Å². The minimum atomic E-state index is -0.880. The van der Waals surface area contributed by atoms with Crippen LogP contribution in [0.4, 0.5) is 5.69 Å². The fourth-order valence-electron chi connectivity index (χ4n) is 1.56. The van der Waals surface area contributed by atoms with Crippen molar-refractivity contribution in [1.29, 1.82) is 0 Å². The Kier molecular flexibility index (Phi) is 5.27. The van der Waals surface area contributed by atoms with Gasteiger partial charge in [-0.15, -0.1) is 0 Å². The lowest BCUT2D eigenvalue weighted by molar-refractivity contribution is -0.387. The maximum Gasteiger partial charge on any atom is 0.354 e. The van der Waals surface area contributed by atoms with Crippen molar-refractivity contribution in [3.63, 3.8) is 0 Å². The van der Waals surface area contributed by atoms with Crippen molar-refractivity contribution in [1.82, 2.24) is 9.13 Å². The van der Waals surface area contributed by atoms with Crippen LogP contribution in [0, 0.1) is 10.1 Å². The fraction of sp³-hybridized carbons (Fsp3) is 0.556. The zero-order valence-electron chi connectivity index (χ0n) is 9.56. The molecule has 1 heterocycles.